The summed E-state index contributed by atoms with van der Waals surface area (Å²) < 4.78 is 0. The van der Waals surface area contributed by atoms with Gasteiger partial charge in [0.25, 0.3) is 0 Å². The van der Waals surface area contributed by atoms with Crippen molar-refractivity contribution in [3.05, 3.63) is 23.8 Å². The fraction of sp³-hybridized carbons (Fsp3) is 0.846. The van der Waals surface area contributed by atoms with E-state index in [1.165, 1.54) is 207 Å². The Balaban J connectivity index is 1.93. The molecule has 0 nitrogen and oxygen atoms in total. The lowest BCUT2D eigenvalue weighted by Crippen LogP contribution is -1.87. The minimum Gasteiger partial charge on any atom is -0.126 e. The maximum Gasteiger partial charge on any atom is 0.00857 e. The summed E-state index contributed by atoms with van der Waals surface area (Å²) in [6, 6.07) is 7.24. The number of hydrogen-bond donors (Lipinski definition) is 0. The molecule has 0 spiro atoms. The van der Waals surface area contributed by atoms with Gasteiger partial charge < -0.3 is 0 Å². The van der Waals surface area contributed by atoms with Gasteiger partial charge in [0.05, 0.1) is 0 Å². The third-order valence-corrected chi connectivity index (χ3v) is 10.7. The molecule has 0 aliphatic heterocycles. The summed E-state index contributed by atoms with van der Waals surface area (Å²) in [6.07, 6.45) is 40.4. The summed E-state index contributed by atoms with van der Waals surface area (Å²) in [5.41, 5.74) is 1.43. The molecule has 1 aromatic rings. The SMILES string of the molecule is CCCCCCCCCCCCCCCCSc1cc(C)cc(SCCCCCCCCCCCCCCCC)c1. The van der Waals surface area contributed by atoms with Crippen molar-refractivity contribution in [2.24, 2.45) is 0 Å². The molecule has 41 heavy (non-hydrogen) atoms. The largest absolute Gasteiger partial charge is 0.126 e. The van der Waals surface area contributed by atoms with Crippen molar-refractivity contribution >= 4 is 23.5 Å². The highest BCUT2D eigenvalue weighted by atomic mass is 32.2. The highest BCUT2D eigenvalue weighted by Gasteiger charge is 2.02. The lowest BCUT2D eigenvalue weighted by Gasteiger charge is -2.08. The molecule has 0 aliphatic rings. The molecule has 0 saturated carbocycles. The van der Waals surface area contributed by atoms with Crippen molar-refractivity contribution in [3.63, 3.8) is 0 Å². The molecule has 1 rings (SSSR count). The summed E-state index contributed by atoms with van der Waals surface area (Å²) in [6.45, 7) is 6.88. The number of thioether (sulfide) groups is 2. The number of unbranched alkanes of at least 4 members (excludes halogenated alkanes) is 26. The van der Waals surface area contributed by atoms with Crippen molar-refractivity contribution in [3.8, 4) is 0 Å². The molecule has 0 heterocycles. The van der Waals surface area contributed by atoms with E-state index in [-0.39, 0.29) is 0 Å². The highest BCUT2D eigenvalue weighted by molar-refractivity contribution is 8.00. The van der Waals surface area contributed by atoms with Crippen LogP contribution in [0.2, 0.25) is 0 Å². The molecule has 0 fully saturated rings. The highest BCUT2D eigenvalue weighted by Crippen LogP contribution is 2.29. The van der Waals surface area contributed by atoms with Gasteiger partial charge in [-0.3, -0.25) is 0 Å². The van der Waals surface area contributed by atoms with Crippen molar-refractivity contribution < 1.29 is 0 Å². The monoisotopic (exact) mass is 605 g/mol. The minimum absolute atomic E-state index is 1.28. The Hall–Kier alpha value is -0.0800. The van der Waals surface area contributed by atoms with E-state index in [1.807, 2.05) is 0 Å². The maximum absolute atomic E-state index is 2.45. The fourth-order valence-corrected chi connectivity index (χ4v) is 8.06. The van der Waals surface area contributed by atoms with Crippen LogP contribution in [-0.2, 0) is 0 Å². The standard InChI is InChI=1S/C39H72S2/c1-4-6-8-10-12-14-16-18-20-22-24-26-28-30-32-40-38-34-37(3)35-39(36-38)41-33-31-29-27-25-23-21-19-17-15-13-11-9-7-5-2/h34-36H,4-33H2,1-3H3. The lowest BCUT2D eigenvalue weighted by molar-refractivity contribution is 0.538. The molecule has 0 radical (unpaired) electrons. The van der Waals surface area contributed by atoms with Crippen LogP contribution in [0.4, 0.5) is 0 Å². The van der Waals surface area contributed by atoms with E-state index in [1.54, 1.807) is 0 Å². The quantitative estimate of drug-likeness (QED) is 0.0592. The maximum atomic E-state index is 2.45. The summed E-state index contributed by atoms with van der Waals surface area (Å²) in [5.74, 6) is 2.56. The molecular formula is C39H72S2. The number of hydrogen-bond acceptors (Lipinski definition) is 2. The zero-order chi connectivity index (χ0) is 29.5. The van der Waals surface area contributed by atoms with Gasteiger partial charge in [-0.05, 0) is 55.0 Å². The first-order chi connectivity index (χ1) is 20.3. The molecule has 0 saturated heterocycles. The Morgan fingerprint density at radius 1 is 0.341 bits per heavy atom. The average molecular weight is 605 g/mol. The summed E-state index contributed by atoms with van der Waals surface area (Å²) in [4.78, 5) is 2.98. The zero-order valence-corrected chi connectivity index (χ0v) is 29.9. The van der Waals surface area contributed by atoms with Crippen LogP contribution < -0.4 is 0 Å². The number of rotatable bonds is 32. The van der Waals surface area contributed by atoms with Crippen LogP contribution in [0.5, 0.6) is 0 Å². The van der Waals surface area contributed by atoms with E-state index in [9.17, 15) is 0 Å². The first kappa shape index (κ1) is 38.9. The molecule has 0 atom stereocenters. The van der Waals surface area contributed by atoms with E-state index >= 15 is 0 Å². The van der Waals surface area contributed by atoms with Crippen LogP contribution in [0.15, 0.2) is 28.0 Å². The van der Waals surface area contributed by atoms with E-state index in [2.05, 4.69) is 62.5 Å². The van der Waals surface area contributed by atoms with Gasteiger partial charge in [0.1, 0.15) is 0 Å². The van der Waals surface area contributed by atoms with Gasteiger partial charge in [0.2, 0.25) is 0 Å². The lowest BCUT2D eigenvalue weighted by atomic mass is 10.0. The zero-order valence-electron chi connectivity index (χ0n) is 28.3. The summed E-state index contributed by atoms with van der Waals surface area (Å²) in [5, 5.41) is 0. The smallest absolute Gasteiger partial charge is 0.00857 e. The second kappa shape index (κ2) is 31.3. The molecule has 0 N–H and O–H groups in total. The van der Waals surface area contributed by atoms with Gasteiger partial charge in [-0.2, -0.15) is 0 Å². The Labute approximate surface area is 268 Å². The average Bonchev–Trinajstić information content (AvgIpc) is 2.97. The second-order valence-electron chi connectivity index (χ2n) is 12.9. The molecule has 0 aliphatic carbocycles. The van der Waals surface area contributed by atoms with Crippen LogP contribution in [-0.4, -0.2) is 11.5 Å². The van der Waals surface area contributed by atoms with Crippen LogP contribution >= 0.6 is 23.5 Å². The predicted molar refractivity (Wildman–Crippen MR) is 193 cm³/mol. The third kappa shape index (κ3) is 27.2. The van der Waals surface area contributed by atoms with E-state index in [4.69, 9.17) is 0 Å². The normalized spacial score (nSPS) is 11.5. The molecular weight excluding hydrogens is 533 g/mol. The van der Waals surface area contributed by atoms with Gasteiger partial charge in [-0.1, -0.05) is 181 Å². The molecule has 0 unspecified atom stereocenters. The Morgan fingerprint density at radius 3 is 0.854 bits per heavy atom. The van der Waals surface area contributed by atoms with Gasteiger partial charge >= 0.3 is 0 Å². The second-order valence-corrected chi connectivity index (χ2v) is 15.2. The Morgan fingerprint density at radius 2 is 0.585 bits per heavy atom. The predicted octanol–water partition coefficient (Wildman–Crippen LogP) is 15.1. The summed E-state index contributed by atoms with van der Waals surface area (Å²) in [7, 11) is 0. The fourth-order valence-electron chi connectivity index (χ4n) is 5.85. The third-order valence-electron chi connectivity index (χ3n) is 8.56. The van der Waals surface area contributed by atoms with E-state index < -0.39 is 0 Å². The topological polar surface area (TPSA) is 0 Å². The van der Waals surface area contributed by atoms with Crippen molar-refractivity contribution in [1.29, 1.82) is 0 Å². The van der Waals surface area contributed by atoms with Crippen LogP contribution in [0.1, 0.15) is 199 Å². The first-order valence-corrected chi connectivity index (χ1v) is 20.6. The van der Waals surface area contributed by atoms with Crippen LogP contribution in [0.25, 0.3) is 0 Å². The molecule has 0 amide bonds. The minimum atomic E-state index is 1.28. The van der Waals surface area contributed by atoms with Gasteiger partial charge in [-0.25, -0.2) is 0 Å². The molecule has 2 heteroatoms. The van der Waals surface area contributed by atoms with Crippen LogP contribution in [0, 0.1) is 6.92 Å². The first-order valence-electron chi connectivity index (χ1n) is 18.6. The Bertz CT molecular complexity index is 603. The van der Waals surface area contributed by atoms with E-state index in [0.717, 1.165) is 0 Å². The van der Waals surface area contributed by atoms with Crippen molar-refractivity contribution in [2.45, 2.75) is 210 Å². The molecule has 1 aromatic carbocycles. The summed E-state index contributed by atoms with van der Waals surface area (Å²) >= 11 is 4.17. The van der Waals surface area contributed by atoms with Crippen molar-refractivity contribution in [1.82, 2.24) is 0 Å². The van der Waals surface area contributed by atoms with Gasteiger partial charge in [-0.15, -0.1) is 23.5 Å². The molecule has 0 bridgehead atoms. The molecule has 240 valence electrons. The number of aryl methyl sites for hydroxylation is 1. The van der Waals surface area contributed by atoms with E-state index in [0.29, 0.717) is 0 Å². The molecule has 0 aromatic heterocycles. The van der Waals surface area contributed by atoms with Gasteiger partial charge in [0, 0.05) is 9.79 Å². The van der Waals surface area contributed by atoms with Crippen molar-refractivity contribution in [2.75, 3.05) is 11.5 Å². The van der Waals surface area contributed by atoms with Crippen LogP contribution in [0.3, 0.4) is 0 Å². The Kier molecular flexibility index (Phi) is 29.8. The number of benzene rings is 1. The van der Waals surface area contributed by atoms with Gasteiger partial charge in [0.15, 0.2) is 0 Å².